The molecule has 0 fully saturated rings. The molecule has 1 unspecified atom stereocenters. The van der Waals surface area contributed by atoms with Crippen LogP contribution in [0.1, 0.15) is 53.5 Å². The summed E-state index contributed by atoms with van der Waals surface area (Å²) in [6, 6.07) is 26.0. The molecule has 0 heterocycles. The zero-order valence-corrected chi connectivity index (χ0v) is 26.7. The average Bonchev–Trinajstić information content (AvgIpc) is 2.96. The van der Waals surface area contributed by atoms with Gasteiger partial charge in [-0.25, -0.2) is 0 Å². The van der Waals surface area contributed by atoms with Gasteiger partial charge >= 0.3 is 5.97 Å². The van der Waals surface area contributed by atoms with Crippen molar-refractivity contribution in [1.29, 1.82) is 0 Å². The number of aliphatic carboxylic acids is 1. The van der Waals surface area contributed by atoms with Crippen molar-refractivity contribution in [2.75, 3.05) is 7.11 Å². The maximum absolute atomic E-state index is 13.8. The molecule has 0 aliphatic rings. The Hall–Kier alpha value is -3.46. The molecular formula is C34H32Br2O6. The zero-order chi connectivity index (χ0) is 30.4. The van der Waals surface area contributed by atoms with Crippen LogP contribution in [0.25, 0.3) is 0 Å². The smallest absolute Gasteiger partial charge is 0.307 e. The standard InChI is InChI=1S/C34H32Br2O6/c1-20(2)25-19-29(42-34-26(35)14-21(15-27(34)36)16-31(38)39)24(18-30(25)41-3)17-28(37)33(40)32(22-10-6-4-7-11-22)23-12-8-5-9-13-23/h4-15,18-20,32-33,40H,16-17H2,1-3H3,(H,38,39). The van der Waals surface area contributed by atoms with Crippen LogP contribution in [0.4, 0.5) is 0 Å². The SMILES string of the molecule is COc1cc(CC(=O)C(O)C(c2ccccc2)c2ccccc2)c(Oc2c(Br)cc(CC(=O)O)cc2Br)cc1C(C)C. The van der Waals surface area contributed by atoms with E-state index in [9.17, 15) is 19.8 Å². The Labute approximate surface area is 262 Å². The molecule has 0 saturated carbocycles. The van der Waals surface area contributed by atoms with E-state index in [1.807, 2.05) is 80.6 Å². The van der Waals surface area contributed by atoms with Gasteiger partial charge in [0.1, 0.15) is 17.6 Å². The molecule has 42 heavy (non-hydrogen) atoms. The van der Waals surface area contributed by atoms with Gasteiger partial charge in [-0.15, -0.1) is 0 Å². The van der Waals surface area contributed by atoms with Gasteiger partial charge in [0.25, 0.3) is 0 Å². The van der Waals surface area contributed by atoms with Crippen LogP contribution in [0.2, 0.25) is 0 Å². The Morgan fingerprint density at radius 2 is 1.36 bits per heavy atom. The third kappa shape index (κ3) is 7.48. The zero-order valence-electron chi connectivity index (χ0n) is 23.5. The molecule has 4 aromatic rings. The van der Waals surface area contributed by atoms with E-state index in [1.165, 1.54) is 0 Å². The van der Waals surface area contributed by atoms with Crippen molar-refractivity contribution in [3.05, 3.63) is 122 Å². The highest BCUT2D eigenvalue weighted by Gasteiger charge is 2.30. The van der Waals surface area contributed by atoms with Crippen LogP contribution in [0.5, 0.6) is 17.2 Å². The molecule has 0 bridgehead atoms. The number of carboxylic acid groups (broad SMARTS) is 1. The molecule has 4 rings (SSSR count). The minimum Gasteiger partial charge on any atom is -0.496 e. The highest BCUT2D eigenvalue weighted by Crippen LogP contribution is 2.42. The van der Waals surface area contributed by atoms with Crippen molar-refractivity contribution in [3.8, 4) is 17.2 Å². The maximum Gasteiger partial charge on any atom is 0.307 e. The van der Waals surface area contributed by atoms with Gasteiger partial charge in [-0.05, 0) is 78.7 Å². The summed E-state index contributed by atoms with van der Waals surface area (Å²) in [4.78, 5) is 25.0. The molecule has 2 N–H and O–H groups in total. The van der Waals surface area contributed by atoms with Gasteiger partial charge in [-0.1, -0.05) is 74.5 Å². The van der Waals surface area contributed by atoms with Crippen LogP contribution in [0.3, 0.4) is 0 Å². The molecule has 6 nitrogen and oxygen atoms in total. The number of ketones is 1. The van der Waals surface area contributed by atoms with Crippen molar-refractivity contribution in [1.82, 2.24) is 0 Å². The number of halogens is 2. The molecule has 0 aromatic heterocycles. The number of aliphatic hydroxyl groups is 1. The summed E-state index contributed by atoms with van der Waals surface area (Å²) < 4.78 is 13.2. The summed E-state index contributed by atoms with van der Waals surface area (Å²) in [6.45, 7) is 4.07. The number of aliphatic hydroxyl groups excluding tert-OH is 1. The minimum absolute atomic E-state index is 0.100. The first-order valence-electron chi connectivity index (χ1n) is 13.5. The highest BCUT2D eigenvalue weighted by atomic mass is 79.9. The first-order valence-corrected chi connectivity index (χ1v) is 15.1. The van der Waals surface area contributed by atoms with E-state index in [0.29, 0.717) is 37.3 Å². The largest absolute Gasteiger partial charge is 0.496 e. The number of carboxylic acids is 1. The minimum atomic E-state index is -1.31. The molecule has 0 amide bonds. The van der Waals surface area contributed by atoms with E-state index in [0.717, 1.165) is 16.7 Å². The Kier molecular flexibility index (Phi) is 10.6. The van der Waals surface area contributed by atoms with Crippen LogP contribution in [-0.2, 0) is 22.4 Å². The van der Waals surface area contributed by atoms with Crippen LogP contribution in [0.15, 0.2) is 93.9 Å². The lowest BCUT2D eigenvalue weighted by molar-refractivity contribution is -0.136. The van der Waals surface area contributed by atoms with Crippen LogP contribution < -0.4 is 9.47 Å². The summed E-state index contributed by atoms with van der Waals surface area (Å²) >= 11 is 7.02. The lowest BCUT2D eigenvalue weighted by Crippen LogP contribution is -2.30. The number of hydrogen-bond acceptors (Lipinski definition) is 5. The Morgan fingerprint density at radius 3 is 1.83 bits per heavy atom. The fourth-order valence-corrected chi connectivity index (χ4v) is 6.37. The van der Waals surface area contributed by atoms with E-state index in [1.54, 1.807) is 25.3 Å². The van der Waals surface area contributed by atoms with Crippen molar-refractivity contribution in [2.45, 2.75) is 44.6 Å². The van der Waals surface area contributed by atoms with Gasteiger partial charge in [0.15, 0.2) is 11.5 Å². The second kappa shape index (κ2) is 14.1. The maximum atomic E-state index is 13.8. The first kappa shape index (κ1) is 31.5. The third-order valence-corrected chi connectivity index (χ3v) is 8.17. The summed E-state index contributed by atoms with van der Waals surface area (Å²) in [5, 5.41) is 20.7. The second-order valence-electron chi connectivity index (χ2n) is 10.3. The number of carbonyl (C=O) groups is 2. The molecule has 8 heteroatoms. The van der Waals surface area contributed by atoms with Gasteiger partial charge in [-0.3, -0.25) is 9.59 Å². The number of rotatable bonds is 12. The van der Waals surface area contributed by atoms with E-state index in [-0.39, 0.29) is 24.5 Å². The predicted octanol–water partition coefficient (Wildman–Crippen LogP) is 8.07. The number of hydrogen-bond donors (Lipinski definition) is 2. The Balaban J connectivity index is 1.73. The number of methoxy groups -OCH3 is 1. The summed E-state index contributed by atoms with van der Waals surface area (Å²) in [6.07, 6.45) is -1.56. The molecule has 4 aromatic carbocycles. The molecular weight excluding hydrogens is 664 g/mol. The number of ether oxygens (including phenoxy) is 2. The average molecular weight is 696 g/mol. The third-order valence-electron chi connectivity index (χ3n) is 6.99. The van der Waals surface area contributed by atoms with Gasteiger partial charge in [0.05, 0.1) is 22.5 Å². The quantitative estimate of drug-likeness (QED) is 0.156. The number of benzene rings is 4. The summed E-state index contributed by atoms with van der Waals surface area (Å²) in [5.41, 5.74) is 3.71. The molecule has 0 spiro atoms. The van der Waals surface area contributed by atoms with Crippen molar-refractivity contribution >= 4 is 43.6 Å². The Bertz CT molecular complexity index is 1490. The van der Waals surface area contributed by atoms with Gasteiger partial charge in [-0.2, -0.15) is 0 Å². The normalized spacial score (nSPS) is 11.9. The van der Waals surface area contributed by atoms with E-state index in [2.05, 4.69) is 31.9 Å². The van der Waals surface area contributed by atoms with E-state index >= 15 is 0 Å². The second-order valence-corrected chi connectivity index (χ2v) is 12.0. The fraction of sp³-hybridized carbons (Fsp3) is 0.235. The molecule has 1 atom stereocenters. The topological polar surface area (TPSA) is 93.1 Å². The van der Waals surface area contributed by atoms with Crippen LogP contribution in [0, 0.1) is 0 Å². The summed E-state index contributed by atoms with van der Waals surface area (Å²) in [7, 11) is 1.58. The van der Waals surface area contributed by atoms with Crippen molar-refractivity contribution in [2.24, 2.45) is 0 Å². The van der Waals surface area contributed by atoms with E-state index in [4.69, 9.17) is 9.47 Å². The highest BCUT2D eigenvalue weighted by molar-refractivity contribution is 9.11. The lowest BCUT2D eigenvalue weighted by atomic mass is 9.83. The first-order chi connectivity index (χ1) is 20.1. The van der Waals surface area contributed by atoms with Crippen molar-refractivity contribution in [3.63, 3.8) is 0 Å². The van der Waals surface area contributed by atoms with Crippen LogP contribution in [-0.4, -0.2) is 35.2 Å². The Morgan fingerprint density at radius 1 is 0.810 bits per heavy atom. The molecule has 0 saturated heterocycles. The molecule has 0 aliphatic carbocycles. The van der Waals surface area contributed by atoms with Gasteiger partial charge < -0.3 is 19.7 Å². The molecule has 0 radical (unpaired) electrons. The fourth-order valence-electron chi connectivity index (χ4n) is 4.93. The summed E-state index contributed by atoms with van der Waals surface area (Å²) in [5.74, 6) is -0.274. The van der Waals surface area contributed by atoms with Crippen LogP contribution >= 0.6 is 31.9 Å². The van der Waals surface area contributed by atoms with Gasteiger partial charge in [0.2, 0.25) is 0 Å². The van der Waals surface area contributed by atoms with Gasteiger partial charge in [0, 0.05) is 23.5 Å². The van der Waals surface area contributed by atoms with Crippen molar-refractivity contribution < 1.29 is 29.3 Å². The lowest BCUT2D eigenvalue weighted by Gasteiger charge is -2.24. The number of Topliss-reactive ketones (excluding diaryl/α,β-unsaturated/α-hetero) is 1. The molecule has 0 aliphatic heterocycles. The number of carbonyl (C=O) groups excluding carboxylic acids is 1. The predicted molar refractivity (Wildman–Crippen MR) is 170 cm³/mol. The molecule has 218 valence electrons. The monoisotopic (exact) mass is 694 g/mol. The van der Waals surface area contributed by atoms with E-state index < -0.39 is 18.0 Å².